The van der Waals surface area contributed by atoms with E-state index in [1.54, 1.807) is 7.11 Å². The van der Waals surface area contributed by atoms with Gasteiger partial charge in [0.2, 0.25) is 5.88 Å². The monoisotopic (exact) mass is 315 g/mol. The first kappa shape index (κ1) is 13.8. The summed E-state index contributed by atoms with van der Waals surface area (Å²) in [6.45, 7) is 1.43. The standard InChI is InChI=1S/C13H18BrNO3/c1-16-12-6-5-10(14)11(15-12)7-9-18-13-4-2-3-8-17-13/h5-6,13H,2-4,7-9H2,1H3. The molecule has 1 saturated heterocycles. The van der Waals surface area contributed by atoms with Crippen LogP contribution in [0.4, 0.5) is 0 Å². The Kier molecular flexibility index (Phi) is 5.41. The number of hydrogen-bond acceptors (Lipinski definition) is 4. The van der Waals surface area contributed by atoms with Gasteiger partial charge in [0.1, 0.15) is 0 Å². The fraction of sp³-hybridized carbons (Fsp3) is 0.615. The van der Waals surface area contributed by atoms with Crippen molar-refractivity contribution in [1.29, 1.82) is 0 Å². The van der Waals surface area contributed by atoms with Gasteiger partial charge >= 0.3 is 0 Å². The predicted molar refractivity (Wildman–Crippen MR) is 71.7 cm³/mol. The molecule has 1 unspecified atom stereocenters. The van der Waals surface area contributed by atoms with Crippen molar-refractivity contribution in [2.45, 2.75) is 32.0 Å². The number of methoxy groups -OCH3 is 1. The van der Waals surface area contributed by atoms with Crippen LogP contribution in [0.2, 0.25) is 0 Å². The second-order valence-electron chi connectivity index (χ2n) is 4.20. The molecule has 18 heavy (non-hydrogen) atoms. The molecule has 100 valence electrons. The number of ether oxygens (including phenoxy) is 3. The zero-order chi connectivity index (χ0) is 12.8. The summed E-state index contributed by atoms with van der Waals surface area (Å²) >= 11 is 3.48. The summed E-state index contributed by atoms with van der Waals surface area (Å²) in [4.78, 5) is 4.38. The summed E-state index contributed by atoms with van der Waals surface area (Å²) in [6, 6.07) is 3.77. The van der Waals surface area contributed by atoms with Crippen molar-refractivity contribution >= 4 is 15.9 Å². The van der Waals surface area contributed by atoms with Gasteiger partial charge in [0, 0.05) is 23.6 Å². The molecule has 1 aliphatic heterocycles. The maximum atomic E-state index is 5.69. The van der Waals surface area contributed by atoms with Crippen LogP contribution in [0.25, 0.3) is 0 Å². The Balaban J connectivity index is 1.81. The highest BCUT2D eigenvalue weighted by Gasteiger charge is 2.14. The molecule has 0 aliphatic carbocycles. The van der Waals surface area contributed by atoms with Gasteiger partial charge < -0.3 is 14.2 Å². The molecule has 1 aromatic heterocycles. The Morgan fingerprint density at radius 2 is 2.33 bits per heavy atom. The Morgan fingerprint density at radius 3 is 3.06 bits per heavy atom. The van der Waals surface area contributed by atoms with Gasteiger partial charge in [-0.3, -0.25) is 0 Å². The second-order valence-corrected chi connectivity index (χ2v) is 5.05. The molecule has 1 aliphatic rings. The summed E-state index contributed by atoms with van der Waals surface area (Å²) in [5.41, 5.74) is 0.949. The molecule has 0 saturated carbocycles. The molecule has 4 nitrogen and oxygen atoms in total. The van der Waals surface area contributed by atoms with Crippen LogP contribution >= 0.6 is 15.9 Å². The van der Waals surface area contributed by atoms with Crippen LogP contribution in [0.15, 0.2) is 16.6 Å². The normalized spacial score (nSPS) is 19.8. The molecule has 0 radical (unpaired) electrons. The minimum atomic E-state index is -0.0388. The van der Waals surface area contributed by atoms with Gasteiger partial charge in [-0.05, 0) is 41.3 Å². The smallest absolute Gasteiger partial charge is 0.213 e. The zero-order valence-electron chi connectivity index (χ0n) is 10.5. The molecule has 1 aromatic rings. The van der Waals surface area contributed by atoms with Crippen LogP contribution in [-0.4, -0.2) is 31.6 Å². The number of halogens is 1. The maximum absolute atomic E-state index is 5.69. The van der Waals surface area contributed by atoms with Crippen LogP contribution in [0.1, 0.15) is 25.0 Å². The van der Waals surface area contributed by atoms with Crippen LogP contribution in [-0.2, 0) is 15.9 Å². The van der Waals surface area contributed by atoms with Crippen molar-refractivity contribution in [2.24, 2.45) is 0 Å². The third-order valence-corrected chi connectivity index (χ3v) is 3.60. The third kappa shape index (κ3) is 3.93. The number of rotatable bonds is 5. The molecular formula is C13H18BrNO3. The van der Waals surface area contributed by atoms with Crippen LogP contribution in [0.3, 0.4) is 0 Å². The molecular weight excluding hydrogens is 298 g/mol. The van der Waals surface area contributed by atoms with Crippen LogP contribution in [0.5, 0.6) is 5.88 Å². The van der Waals surface area contributed by atoms with E-state index in [4.69, 9.17) is 14.2 Å². The van der Waals surface area contributed by atoms with E-state index >= 15 is 0 Å². The van der Waals surface area contributed by atoms with E-state index < -0.39 is 0 Å². The number of hydrogen-bond donors (Lipinski definition) is 0. The Hall–Kier alpha value is -0.650. The molecule has 0 aromatic carbocycles. The van der Waals surface area contributed by atoms with Crippen molar-refractivity contribution < 1.29 is 14.2 Å². The van der Waals surface area contributed by atoms with E-state index in [0.29, 0.717) is 12.5 Å². The lowest BCUT2D eigenvalue weighted by atomic mass is 10.2. The third-order valence-electron chi connectivity index (χ3n) is 2.88. The number of aromatic nitrogens is 1. The SMILES string of the molecule is COc1ccc(Br)c(CCOC2CCCCO2)n1. The zero-order valence-corrected chi connectivity index (χ0v) is 12.1. The quantitative estimate of drug-likeness (QED) is 0.837. The largest absolute Gasteiger partial charge is 0.481 e. The summed E-state index contributed by atoms with van der Waals surface area (Å²) in [7, 11) is 1.62. The van der Waals surface area contributed by atoms with Crippen molar-refractivity contribution in [2.75, 3.05) is 20.3 Å². The van der Waals surface area contributed by atoms with Crippen molar-refractivity contribution in [3.8, 4) is 5.88 Å². The molecule has 0 N–H and O–H groups in total. The topological polar surface area (TPSA) is 40.6 Å². The molecule has 0 amide bonds. The highest BCUT2D eigenvalue weighted by molar-refractivity contribution is 9.10. The first-order valence-electron chi connectivity index (χ1n) is 6.22. The highest BCUT2D eigenvalue weighted by atomic mass is 79.9. The maximum Gasteiger partial charge on any atom is 0.213 e. The molecule has 2 heterocycles. The average Bonchev–Trinajstić information content (AvgIpc) is 2.42. The Labute approximate surface area is 116 Å². The van der Waals surface area contributed by atoms with Gasteiger partial charge in [-0.25, -0.2) is 4.98 Å². The summed E-state index contributed by atoms with van der Waals surface area (Å²) < 4.78 is 17.3. The Bertz CT molecular complexity index is 380. The van der Waals surface area contributed by atoms with Crippen molar-refractivity contribution in [3.63, 3.8) is 0 Å². The lowest BCUT2D eigenvalue weighted by Crippen LogP contribution is -2.23. The lowest BCUT2D eigenvalue weighted by Gasteiger charge is -2.22. The predicted octanol–water partition coefficient (Wildman–Crippen LogP) is 2.94. The first-order chi connectivity index (χ1) is 8.79. The van der Waals surface area contributed by atoms with E-state index in [0.717, 1.165) is 36.0 Å². The summed E-state index contributed by atoms with van der Waals surface area (Å²) in [5.74, 6) is 0.627. The molecule has 5 heteroatoms. The molecule has 1 fully saturated rings. The molecule has 1 atom stereocenters. The Morgan fingerprint density at radius 1 is 1.44 bits per heavy atom. The minimum Gasteiger partial charge on any atom is -0.481 e. The fourth-order valence-electron chi connectivity index (χ4n) is 1.88. The summed E-state index contributed by atoms with van der Waals surface area (Å²) in [6.07, 6.45) is 4.03. The van der Waals surface area contributed by atoms with E-state index in [-0.39, 0.29) is 6.29 Å². The molecule has 0 spiro atoms. The van der Waals surface area contributed by atoms with Crippen LogP contribution in [0, 0.1) is 0 Å². The van der Waals surface area contributed by atoms with Crippen molar-refractivity contribution in [1.82, 2.24) is 4.98 Å². The number of nitrogens with zero attached hydrogens (tertiary/aromatic N) is 1. The number of pyridine rings is 1. The molecule has 0 bridgehead atoms. The van der Waals surface area contributed by atoms with Gasteiger partial charge in [0.05, 0.1) is 19.4 Å². The lowest BCUT2D eigenvalue weighted by molar-refractivity contribution is -0.161. The summed E-state index contributed by atoms with van der Waals surface area (Å²) in [5, 5.41) is 0. The first-order valence-corrected chi connectivity index (χ1v) is 7.01. The molecule has 2 rings (SSSR count). The van der Waals surface area contributed by atoms with E-state index in [2.05, 4.69) is 20.9 Å². The van der Waals surface area contributed by atoms with Crippen molar-refractivity contribution in [3.05, 3.63) is 22.3 Å². The van der Waals surface area contributed by atoms with Gasteiger partial charge in [0.15, 0.2) is 6.29 Å². The second kappa shape index (κ2) is 7.07. The average molecular weight is 316 g/mol. The highest BCUT2D eigenvalue weighted by Crippen LogP contribution is 2.20. The van der Waals surface area contributed by atoms with Crippen LogP contribution < -0.4 is 4.74 Å². The fourth-order valence-corrected chi connectivity index (χ4v) is 2.30. The van der Waals surface area contributed by atoms with Gasteiger partial charge in [-0.15, -0.1) is 0 Å². The minimum absolute atomic E-state index is 0.0388. The van der Waals surface area contributed by atoms with E-state index in [9.17, 15) is 0 Å². The van der Waals surface area contributed by atoms with Gasteiger partial charge in [-0.2, -0.15) is 0 Å². The van der Waals surface area contributed by atoms with Gasteiger partial charge in [0.25, 0.3) is 0 Å². The van der Waals surface area contributed by atoms with E-state index in [1.165, 1.54) is 6.42 Å². The van der Waals surface area contributed by atoms with E-state index in [1.807, 2.05) is 12.1 Å². The van der Waals surface area contributed by atoms with Gasteiger partial charge in [-0.1, -0.05) is 0 Å².